The van der Waals surface area contributed by atoms with E-state index in [9.17, 15) is 0 Å². The molecule has 0 saturated heterocycles. The third-order valence-corrected chi connectivity index (χ3v) is 4.29. The summed E-state index contributed by atoms with van der Waals surface area (Å²) in [5.74, 6) is 1.76. The molecule has 1 saturated carbocycles. The van der Waals surface area contributed by atoms with E-state index in [0.717, 1.165) is 29.0 Å². The van der Waals surface area contributed by atoms with Gasteiger partial charge in [-0.05, 0) is 43.0 Å². The summed E-state index contributed by atoms with van der Waals surface area (Å²) in [6, 6.07) is 18.9. The van der Waals surface area contributed by atoms with Gasteiger partial charge in [-0.25, -0.2) is 4.98 Å². The molecule has 1 heterocycles. The van der Waals surface area contributed by atoms with E-state index >= 15 is 0 Å². The third kappa shape index (κ3) is 2.34. The highest BCUT2D eigenvalue weighted by Gasteiger charge is 2.29. The van der Waals surface area contributed by atoms with Crippen molar-refractivity contribution in [2.24, 2.45) is 11.7 Å². The minimum Gasteiger partial charge on any atom is -0.327 e. The fourth-order valence-electron chi connectivity index (χ4n) is 2.98. The van der Waals surface area contributed by atoms with Crippen LogP contribution in [0.4, 0.5) is 0 Å². The molecule has 0 aliphatic heterocycles. The van der Waals surface area contributed by atoms with Crippen LogP contribution in [0.15, 0.2) is 54.6 Å². The summed E-state index contributed by atoms with van der Waals surface area (Å²) in [5, 5.41) is 0. The highest BCUT2D eigenvalue weighted by atomic mass is 15.1. The molecule has 0 bridgehead atoms. The van der Waals surface area contributed by atoms with E-state index in [4.69, 9.17) is 10.7 Å². The van der Waals surface area contributed by atoms with Gasteiger partial charge in [0.2, 0.25) is 0 Å². The summed E-state index contributed by atoms with van der Waals surface area (Å²) in [4.78, 5) is 4.82. The number of rotatable bonds is 4. The minimum atomic E-state index is 0.226. The van der Waals surface area contributed by atoms with E-state index in [-0.39, 0.29) is 6.04 Å². The zero-order valence-electron chi connectivity index (χ0n) is 11.9. The van der Waals surface area contributed by atoms with Gasteiger partial charge in [0.05, 0.1) is 11.0 Å². The SMILES string of the molecule is NC(Cc1nc2ccccc2n1-c1ccccc1)C1CC1. The lowest BCUT2D eigenvalue weighted by Crippen LogP contribution is -2.26. The van der Waals surface area contributed by atoms with Crippen LogP contribution in [0.1, 0.15) is 18.7 Å². The van der Waals surface area contributed by atoms with Gasteiger partial charge in [-0.3, -0.25) is 4.57 Å². The van der Waals surface area contributed by atoms with Crippen molar-refractivity contribution in [2.45, 2.75) is 25.3 Å². The number of benzene rings is 2. The number of hydrogen-bond acceptors (Lipinski definition) is 2. The second-order valence-electron chi connectivity index (χ2n) is 5.89. The van der Waals surface area contributed by atoms with E-state index in [1.807, 2.05) is 12.1 Å². The lowest BCUT2D eigenvalue weighted by Gasteiger charge is -2.13. The molecule has 4 rings (SSSR count). The molecular formula is C18H19N3. The molecular weight excluding hydrogens is 258 g/mol. The Hall–Kier alpha value is -2.13. The second kappa shape index (κ2) is 5.01. The summed E-state index contributed by atoms with van der Waals surface area (Å²) in [6.07, 6.45) is 3.38. The van der Waals surface area contributed by atoms with Crippen LogP contribution in [-0.4, -0.2) is 15.6 Å². The van der Waals surface area contributed by atoms with Gasteiger partial charge in [0.1, 0.15) is 5.82 Å². The van der Waals surface area contributed by atoms with E-state index in [1.54, 1.807) is 0 Å². The molecule has 2 aromatic carbocycles. The summed E-state index contributed by atoms with van der Waals surface area (Å²) < 4.78 is 2.25. The summed E-state index contributed by atoms with van der Waals surface area (Å²) >= 11 is 0. The predicted octanol–water partition coefficient (Wildman–Crippen LogP) is 3.31. The molecule has 1 aromatic heterocycles. The molecule has 3 heteroatoms. The van der Waals surface area contributed by atoms with E-state index < -0.39 is 0 Å². The molecule has 1 unspecified atom stereocenters. The Morgan fingerprint density at radius 2 is 1.76 bits per heavy atom. The summed E-state index contributed by atoms with van der Waals surface area (Å²) in [7, 11) is 0. The standard InChI is InChI=1S/C18H19N3/c19-15(13-10-11-13)12-18-20-16-8-4-5-9-17(16)21(18)14-6-2-1-3-7-14/h1-9,13,15H,10-12,19H2. The van der Waals surface area contributed by atoms with Gasteiger partial charge in [0.25, 0.3) is 0 Å². The van der Waals surface area contributed by atoms with Gasteiger partial charge >= 0.3 is 0 Å². The normalized spacial score (nSPS) is 16.2. The Labute approximate surface area is 124 Å². The predicted molar refractivity (Wildman–Crippen MR) is 85.5 cm³/mol. The van der Waals surface area contributed by atoms with Crippen LogP contribution < -0.4 is 5.73 Å². The van der Waals surface area contributed by atoms with Crippen LogP contribution in [0.3, 0.4) is 0 Å². The highest BCUT2D eigenvalue weighted by molar-refractivity contribution is 5.78. The Bertz CT molecular complexity index is 756. The topological polar surface area (TPSA) is 43.8 Å². The molecule has 0 radical (unpaired) electrons. The highest BCUT2D eigenvalue weighted by Crippen LogP contribution is 2.33. The molecule has 106 valence electrons. The van der Waals surface area contributed by atoms with Crippen LogP contribution in [0, 0.1) is 5.92 Å². The maximum atomic E-state index is 6.33. The van der Waals surface area contributed by atoms with E-state index in [2.05, 4.69) is 47.0 Å². The van der Waals surface area contributed by atoms with E-state index in [1.165, 1.54) is 12.8 Å². The Morgan fingerprint density at radius 3 is 2.52 bits per heavy atom. The van der Waals surface area contributed by atoms with Crippen LogP contribution in [-0.2, 0) is 6.42 Å². The zero-order valence-corrected chi connectivity index (χ0v) is 11.9. The lowest BCUT2D eigenvalue weighted by molar-refractivity contribution is 0.572. The number of imidazole rings is 1. The van der Waals surface area contributed by atoms with Crippen molar-refractivity contribution >= 4 is 11.0 Å². The molecule has 3 nitrogen and oxygen atoms in total. The van der Waals surface area contributed by atoms with Crippen LogP contribution in [0.25, 0.3) is 16.7 Å². The number of nitrogens with two attached hydrogens (primary N) is 1. The maximum absolute atomic E-state index is 6.33. The smallest absolute Gasteiger partial charge is 0.116 e. The van der Waals surface area contributed by atoms with Gasteiger partial charge in [-0.15, -0.1) is 0 Å². The van der Waals surface area contributed by atoms with Crippen molar-refractivity contribution in [1.82, 2.24) is 9.55 Å². The fourth-order valence-corrected chi connectivity index (χ4v) is 2.98. The molecule has 1 aliphatic carbocycles. The van der Waals surface area contributed by atoms with E-state index in [0.29, 0.717) is 5.92 Å². The Kier molecular flexibility index (Phi) is 3.00. The molecule has 2 N–H and O–H groups in total. The third-order valence-electron chi connectivity index (χ3n) is 4.29. The van der Waals surface area contributed by atoms with Gasteiger partial charge in [-0.1, -0.05) is 30.3 Å². The largest absolute Gasteiger partial charge is 0.327 e. The van der Waals surface area contributed by atoms with Crippen LogP contribution in [0.5, 0.6) is 0 Å². The van der Waals surface area contributed by atoms with Gasteiger partial charge < -0.3 is 5.73 Å². The molecule has 1 fully saturated rings. The van der Waals surface area contributed by atoms with Gasteiger partial charge in [0.15, 0.2) is 0 Å². The quantitative estimate of drug-likeness (QED) is 0.795. The number of hydrogen-bond donors (Lipinski definition) is 1. The van der Waals surface area contributed by atoms with Crippen molar-refractivity contribution in [3.05, 3.63) is 60.4 Å². The Balaban J connectivity index is 1.84. The number of para-hydroxylation sites is 3. The molecule has 0 amide bonds. The first kappa shape index (κ1) is 12.6. The van der Waals surface area contributed by atoms with Crippen molar-refractivity contribution in [3.63, 3.8) is 0 Å². The monoisotopic (exact) mass is 277 g/mol. The average Bonchev–Trinajstić information content (AvgIpc) is 3.30. The second-order valence-corrected chi connectivity index (χ2v) is 5.89. The number of nitrogens with zero attached hydrogens (tertiary/aromatic N) is 2. The van der Waals surface area contributed by atoms with Gasteiger partial charge in [0, 0.05) is 18.2 Å². The molecule has 1 atom stereocenters. The molecule has 3 aromatic rings. The van der Waals surface area contributed by atoms with Crippen LogP contribution in [0.2, 0.25) is 0 Å². The van der Waals surface area contributed by atoms with Crippen molar-refractivity contribution in [1.29, 1.82) is 0 Å². The molecule has 0 spiro atoms. The first-order chi connectivity index (χ1) is 10.3. The fraction of sp³-hybridized carbons (Fsp3) is 0.278. The number of fused-ring (bicyclic) bond motifs is 1. The van der Waals surface area contributed by atoms with Crippen molar-refractivity contribution < 1.29 is 0 Å². The maximum Gasteiger partial charge on any atom is 0.116 e. The van der Waals surface area contributed by atoms with Crippen molar-refractivity contribution in [3.8, 4) is 5.69 Å². The number of aromatic nitrogens is 2. The first-order valence-corrected chi connectivity index (χ1v) is 7.60. The summed E-state index contributed by atoms with van der Waals surface area (Å²) in [5.41, 5.74) is 9.68. The van der Waals surface area contributed by atoms with Gasteiger partial charge in [-0.2, -0.15) is 0 Å². The minimum absolute atomic E-state index is 0.226. The molecule has 21 heavy (non-hydrogen) atoms. The zero-order chi connectivity index (χ0) is 14.2. The van der Waals surface area contributed by atoms with Crippen LogP contribution >= 0.6 is 0 Å². The average molecular weight is 277 g/mol. The van der Waals surface area contributed by atoms with Crippen molar-refractivity contribution in [2.75, 3.05) is 0 Å². The Morgan fingerprint density at radius 1 is 1.05 bits per heavy atom. The molecule has 1 aliphatic rings. The lowest BCUT2D eigenvalue weighted by atomic mass is 10.1. The first-order valence-electron chi connectivity index (χ1n) is 7.60. The summed E-state index contributed by atoms with van der Waals surface area (Å²) in [6.45, 7) is 0.